The van der Waals surface area contributed by atoms with Gasteiger partial charge in [0.25, 0.3) is 5.91 Å². The highest BCUT2D eigenvalue weighted by Crippen LogP contribution is 2.43. The van der Waals surface area contributed by atoms with Crippen LogP contribution >= 0.6 is 11.6 Å². The molecule has 0 aliphatic carbocycles. The number of rotatable bonds is 3. The molecule has 2 aromatic carbocycles. The van der Waals surface area contributed by atoms with Crippen LogP contribution in [0.1, 0.15) is 6.92 Å². The summed E-state index contributed by atoms with van der Waals surface area (Å²) in [6, 6.07) is 11.8. The summed E-state index contributed by atoms with van der Waals surface area (Å²) in [6.45, 7) is 4.01. The largest absolute Gasteiger partial charge is 0.483 e. The molecular formula is C20H20ClN5O2. The van der Waals surface area contributed by atoms with Crippen LogP contribution in [0, 0.1) is 0 Å². The number of nitrogens with one attached hydrogen (secondary N) is 3. The molecule has 144 valence electrons. The Labute approximate surface area is 167 Å². The number of hydrogen-bond acceptors (Lipinski definition) is 6. The number of nitrogens with zero attached hydrogens (tertiary/aromatic N) is 2. The van der Waals surface area contributed by atoms with Gasteiger partial charge in [0.15, 0.2) is 5.84 Å². The van der Waals surface area contributed by atoms with Crippen molar-refractivity contribution in [1.29, 1.82) is 0 Å². The van der Waals surface area contributed by atoms with Gasteiger partial charge in [0.2, 0.25) is 0 Å². The third kappa shape index (κ3) is 2.87. The number of amidine groups is 1. The van der Waals surface area contributed by atoms with Gasteiger partial charge in [0.1, 0.15) is 18.4 Å². The molecule has 3 heterocycles. The average molecular weight is 398 g/mol. The molecule has 3 aliphatic heterocycles. The molecule has 3 aliphatic rings. The zero-order valence-corrected chi connectivity index (χ0v) is 16.1. The molecule has 1 fully saturated rings. The lowest BCUT2D eigenvalue weighted by atomic mass is 9.99. The number of anilines is 2. The predicted molar refractivity (Wildman–Crippen MR) is 110 cm³/mol. The van der Waals surface area contributed by atoms with Crippen LogP contribution in [0.15, 0.2) is 41.5 Å². The van der Waals surface area contributed by atoms with Crippen LogP contribution < -0.4 is 25.7 Å². The van der Waals surface area contributed by atoms with E-state index < -0.39 is 0 Å². The van der Waals surface area contributed by atoms with E-state index in [1.54, 1.807) is 0 Å². The third-order valence-corrected chi connectivity index (χ3v) is 5.57. The highest BCUT2D eigenvalue weighted by atomic mass is 35.5. The Hall–Kier alpha value is -2.77. The lowest BCUT2D eigenvalue weighted by molar-refractivity contribution is -0.122. The Balaban J connectivity index is 1.64. The number of halogens is 1. The van der Waals surface area contributed by atoms with Crippen LogP contribution in [0.5, 0.6) is 5.75 Å². The Morgan fingerprint density at radius 3 is 2.89 bits per heavy atom. The summed E-state index contributed by atoms with van der Waals surface area (Å²) in [7, 11) is 0. The molecule has 28 heavy (non-hydrogen) atoms. The summed E-state index contributed by atoms with van der Waals surface area (Å²) in [6.07, 6.45) is 0. The summed E-state index contributed by atoms with van der Waals surface area (Å²) >= 11 is 6.23. The number of fused-ring (bicyclic) bond motifs is 3. The van der Waals surface area contributed by atoms with E-state index in [2.05, 4.69) is 21.2 Å². The van der Waals surface area contributed by atoms with Crippen molar-refractivity contribution in [2.24, 2.45) is 5.10 Å². The minimum Gasteiger partial charge on any atom is -0.483 e. The van der Waals surface area contributed by atoms with E-state index in [1.807, 2.05) is 48.2 Å². The monoisotopic (exact) mass is 397 g/mol. The van der Waals surface area contributed by atoms with Crippen molar-refractivity contribution in [2.45, 2.75) is 19.0 Å². The van der Waals surface area contributed by atoms with Crippen LogP contribution in [0.2, 0.25) is 5.02 Å². The number of benzene rings is 2. The van der Waals surface area contributed by atoms with Crippen molar-refractivity contribution in [3.8, 4) is 16.9 Å². The first-order valence-corrected chi connectivity index (χ1v) is 9.67. The second kappa shape index (κ2) is 6.68. The molecule has 8 heteroatoms. The second-order valence-corrected chi connectivity index (χ2v) is 7.65. The van der Waals surface area contributed by atoms with Gasteiger partial charge in [0, 0.05) is 29.4 Å². The average Bonchev–Trinajstić information content (AvgIpc) is 2.66. The fourth-order valence-electron chi connectivity index (χ4n) is 3.70. The van der Waals surface area contributed by atoms with Crippen LogP contribution in [0.3, 0.4) is 0 Å². The zero-order chi connectivity index (χ0) is 19.3. The highest BCUT2D eigenvalue weighted by Gasteiger charge is 2.36. The van der Waals surface area contributed by atoms with Crippen LogP contribution in [0.4, 0.5) is 11.4 Å². The number of hydrazone groups is 1. The highest BCUT2D eigenvalue weighted by molar-refractivity contribution is 6.30. The van der Waals surface area contributed by atoms with Gasteiger partial charge in [-0.2, -0.15) is 5.10 Å². The third-order valence-electron chi connectivity index (χ3n) is 5.33. The molecular weight excluding hydrogens is 378 g/mol. The smallest absolute Gasteiger partial charge is 0.262 e. The maximum Gasteiger partial charge on any atom is 0.262 e. The molecule has 0 saturated carbocycles. The van der Waals surface area contributed by atoms with Gasteiger partial charge in [-0.15, -0.1) is 0 Å². The van der Waals surface area contributed by atoms with E-state index in [0.29, 0.717) is 23.5 Å². The Bertz CT molecular complexity index is 989. The van der Waals surface area contributed by atoms with Crippen molar-refractivity contribution in [3.63, 3.8) is 0 Å². The molecule has 1 unspecified atom stereocenters. The lowest BCUT2D eigenvalue weighted by Gasteiger charge is -2.39. The Morgan fingerprint density at radius 2 is 2.14 bits per heavy atom. The lowest BCUT2D eigenvalue weighted by Crippen LogP contribution is -2.55. The summed E-state index contributed by atoms with van der Waals surface area (Å²) in [5, 5.41) is 11.7. The van der Waals surface area contributed by atoms with Crippen molar-refractivity contribution >= 4 is 34.7 Å². The van der Waals surface area contributed by atoms with Gasteiger partial charge in [-0.25, -0.2) is 5.43 Å². The number of hydrogen-bond donors (Lipinski definition) is 3. The van der Waals surface area contributed by atoms with E-state index in [0.717, 1.165) is 41.3 Å². The number of carbonyl (C=O) groups excluding carboxylic acids is 1. The number of ether oxygens (including phenoxy) is 1. The molecule has 1 amide bonds. The molecule has 5 rings (SSSR count). The maximum atomic E-state index is 12.2. The maximum absolute atomic E-state index is 12.2. The molecule has 0 radical (unpaired) electrons. The standard InChI is InChI=1S/C20H20ClN5O2/c1-11-20(27)25-24-19-10-28-18-6-15(12-3-2-4-13(21)5-12)16(7-17(18)26(11)19)23-14-8-22-9-14/h2-7,11,14,22-23H,8-10H2,1H3,(H,25,27). The topological polar surface area (TPSA) is 78.0 Å². The van der Waals surface area contributed by atoms with Crippen LogP contribution in [0.25, 0.3) is 11.1 Å². The molecule has 0 aromatic heterocycles. The number of carbonyl (C=O) groups is 1. The van der Waals surface area contributed by atoms with Gasteiger partial charge in [-0.1, -0.05) is 23.7 Å². The summed E-state index contributed by atoms with van der Waals surface area (Å²) in [5.41, 5.74) is 6.41. The van der Waals surface area contributed by atoms with Gasteiger partial charge >= 0.3 is 0 Å². The first-order valence-electron chi connectivity index (χ1n) is 9.30. The fraction of sp³-hybridized carbons (Fsp3) is 0.300. The van der Waals surface area contributed by atoms with Gasteiger partial charge < -0.3 is 20.3 Å². The summed E-state index contributed by atoms with van der Waals surface area (Å²) in [4.78, 5) is 14.1. The molecule has 1 atom stereocenters. The SMILES string of the molecule is CC1C(=O)NN=C2COc3cc(-c4cccc(Cl)c4)c(NC4CNC4)cc3N21. The van der Waals surface area contributed by atoms with E-state index in [-0.39, 0.29) is 11.9 Å². The van der Waals surface area contributed by atoms with Crippen LogP contribution in [-0.2, 0) is 4.79 Å². The van der Waals surface area contributed by atoms with E-state index in [1.165, 1.54) is 0 Å². The van der Waals surface area contributed by atoms with E-state index >= 15 is 0 Å². The zero-order valence-electron chi connectivity index (χ0n) is 15.3. The molecule has 0 bridgehead atoms. The first-order chi connectivity index (χ1) is 13.6. The predicted octanol–water partition coefficient (Wildman–Crippen LogP) is 2.42. The molecule has 7 nitrogen and oxygen atoms in total. The summed E-state index contributed by atoms with van der Waals surface area (Å²) in [5.74, 6) is 1.30. The Morgan fingerprint density at radius 1 is 1.29 bits per heavy atom. The van der Waals surface area contributed by atoms with E-state index in [9.17, 15) is 4.79 Å². The first kappa shape index (κ1) is 17.3. The van der Waals surface area contributed by atoms with Gasteiger partial charge in [-0.3, -0.25) is 4.79 Å². The van der Waals surface area contributed by atoms with Crippen molar-refractivity contribution < 1.29 is 9.53 Å². The van der Waals surface area contributed by atoms with E-state index in [4.69, 9.17) is 16.3 Å². The van der Waals surface area contributed by atoms with Crippen molar-refractivity contribution in [1.82, 2.24) is 10.7 Å². The quantitative estimate of drug-likeness (QED) is 0.741. The normalized spacial score (nSPS) is 20.9. The fourth-order valence-corrected chi connectivity index (χ4v) is 3.89. The summed E-state index contributed by atoms with van der Waals surface area (Å²) < 4.78 is 5.97. The molecule has 1 saturated heterocycles. The van der Waals surface area contributed by atoms with Crippen LogP contribution in [-0.4, -0.2) is 43.5 Å². The minimum absolute atomic E-state index is 0.131. The Kier molecular flexibility index (Phi) is 4.14. The minimum atomic E-state index is -0.356. The molecule has 0 spiro atoms. The van der Waals surface area contributed by atoms with Gasteiger partial charge in [-0.05, 0) is 36.8 Å². The molecule has 2 aromatic rings. The molecule has 3 N–H and O–H groups in total. The van der Waals surface area contributed by atoms with Gasteiger partial charge in [0.05, 0.1) is 11.7 Å². The van der Waals surface area contributed by atoms with Crippen molar-refractivity contribution in [3.05, 3.63) is 41.4 Å². The van der Waals surface area contributed by atoms with Crippen molar-refractivity contribution in [2.75, 3.05) is 29.9 Å². The second-order valence-electron chi connectivity index (χ2n) is 7.21. The number of amides is 1.